The molecule has 0 fully saturated rings. The van der Waals surface area contributed by atoms with Crippen LogP contribution in [0.15, 0.2) is 35.7 Å². The van der Waals surface area contributed by atoms with Crippen molar-refractivity contribution in [2.24, 2.45) is 0 Å². The molecule has 2 rings (SSSR count). The Labute approximate surface area is 112 Å². The Morgan fingerprint density at radius 2 is 2.17 bits per heavy atom. The van der Waals surface area contributed by atoms with E-state index in [0.29, 0.717) is 5.92 Å². The van der Waals surface area contributed by atoms with E-state index in [4.69, 9.17) is 0 Å². The highest BCUT2D eigenvalue weighted by molar-refractivity contribution is 7.10. The van der Waals surface area contributed by atoms with Crippen molar-refractivity contribution in [2.75, 3.05) is 13.6 Å². The van der Waals surface area contributed by atoms with Gasteiger partial charge in [0.05, 0.1) is 0 Å². The second-order valence-corrected chi connectivity index (χ2v) is 5.45. The van der Waals surface area contributed by atoms with E-state index in [2.05, 4.69) is 22.8 Å². The summed E-state index contributed by atoms with van der Waals surface area (Å²) in [6, 6.07) is 9.68. The van der Waals surface area contributed by atoms with Gasteiger partial charge in [0.1, 0.15) is 5.82 Å². The lowest BCUT2D eigenvalue weighted by Crippen LogP contribution is -2.12. The van der Waals surface area contributed by atoms with Crippen LogP contribution in [0.4, 0.5) is 4.39 Å². The Bertz CT molecular complexity index is 493. The minimum Gasteiger partial charge on any atom is -0.320 e. The lowest BCUT2D eigenvalue weighted by Gasteiger charge is -2.16. The lowest BCUT2D eigenvalue weighted by molar-refractivity contribution is 0.614. The Hall–Kier alpha value is -1.19. The highest BCUT2D eigenvalue weighted by atomic mass is 32.1. The van der Waals surface area contributed by atoms with Crippen LogP contribution >= 0.6 is 11.3 Å². The summed E-state index contributed by atoms with van der Waals surface area (Å²) < 4.78 is 13.3. The molecular formula is C15H18FNS. The van der Waals surface area contributed by atoms with Crippen LogP contribution in [0.25, 0.3) is 0 Å². The third-order valence-electron chi connectivity index (χ3n) is 3.15. The number of halogens is 1. The molecule has 0 radical (unpaired) electrons. The van der Waals surface area contributed by atoms with Gasteiger partial charge in [0.15, 0.2) is 0 Å². The van der Waals surface area contributed by atoms with Gasteiger partial charge in [-0.25, -0.2) is 4.39 Å². The van der Waals surface area contributed by atoms with E-state index in [1.807, 2.05) is 26.1 Å². The fourth-order valence-electron chi connectivity index (χ4n) is 2.14. The molecule has 1 heterocycles. The van der Waals surface area contributed by atoms with E-state index >= 15 is 0 Å². The largest absolute Gasteiger partial charge is 0.320 e. The number of hydrogen-bond donors (Lipinski definition) is 1. The van der Waals surface area contributed by atoms with Gasteiger partial charge in [-0.2, -0.15) is 0 Å². The molecule has 1 atom stereocenters. The molecular weight excluding hydrogens is 245 g/mol. The van der Waals surface area contributed by atoms with Gasteiger partial charge >= 0.3 is 0 Å². The number of nitrogens with one attached hydrogen (secondary N) is 1. The first-order valence-electron chi connectivity index (χ1n) is 6.16. The Kier molecular flexibility index (Phi) is 4.50. The predicted molar refractivity (Wildman–Crippen MR) is 75.8 cm³/mol. The summed E-state index contributed by atoms with van der Waals surface area (Å²) >= 11 is 1.76. The fourth-order valence-corrected chi connectivity index (χ4v) is 3.03. The van der Waals surface area contributed by atoms with Gasteiger partial charge in [-0.1, -0.05) is 18.2 Å². The molecule has 18 heavy (non-hydrogen) atoms. The van der Waals surface area contributed by atoms with Crippen molar-refractivity contribution in [1.29, 1.82) is 0 Å². The molecule has 3 heteroatoms. The molecule has 1 nitrogen and oxygen atoms in total. The Morgan fingerprint density at radius 1 is 1.33 bits per heavy atom. The zero-order chi connectivity index (χ0) is 13.0. The van der Waals surface area contributed by atoms with Crippen LogP contribution in [0.2, 0.25) is 0 Å². The molecule has 0 bridgehead atoms. The molecule has 96 valence electrons. The lowest BCUT2D eigenvalue weighted by atomic mass is 9.93. The van der Waals surface area contributed by atoms with E-state index < -0.39 is 0 Å². The number of hydrogen-bond acceptors (Lipinski definition) is 2. The summed E-state index contributed by atoms with van der Waals surface area (Å²) in [7, 11) is 1.96. The first-order chi connectivity index (χ1) is 8.72. The zero-order valence-electron chi connectivity index (χ0n) is 10.7. The van der Waals surface area contributed by atoms with Crippen molar-refractivity contribution in [1.82, 2.24) is 5.32 Å². The molecule has 0 saturated carbocycles. The molecule has 1 aromatic heterocycles. The van der Waals surface area contributed by atoms with Crippen molar-refractivity contribution in [3.63, 3.8) is 0 Å². The van der Waals surface area contributed by atoms with Crippen molar-refractivity contribution >= 4 is 11.3 Å². The summed E-state index contributed by atoms with van der Waals surface area (Å²) in [6.45, 7) is 2.78. The predicted octanol–water partition coefficient (Wildman–Crippen LogP) is 3.94. The van der Waals surface area contributed by atoms with E-state index in [1.165, 1.54) is 10.4 Å². The number of aryl methyl sites for hydroxylation is 1. The van der Waals surface area contributed by atoms with Gasteiger partial charge in [0.2, 0.25) is 0 Å². The normalized spacial score (nSPS) is 12.6. The van der Waals surface area contributed by atoms with Crippen LogP contribution in [-0.2, 0) is 0 Å². The molecule has 1 N–H and O–H groups in total. The molecule has 0 aliphatic carbocycles. The highest BCUT2D eigenvalue weighted by Crippen LogP contribution is 2.31. The van der Waals surface area contributed by atoms with Crippen LogP contribution in [0, 0.1) is 12.7 Å². The van der Waals surface area contributed by atoms with Crippen LogP contribution in [0.5, 0.6) is 0 Å². The maximum absolute atomic E-state index is 13.3. The van der Waals surface area contributed by atoms with Gasteiger partial charge in [-0.3, -0.25) is 0 Å². The number of benzene rings is 1. The topological polar surface area (TPSA) is 12.0 Å². The molecule has 1 aromatic carbocycles. The summed E-state index contributed by atoms with van der Waals surface area (Å²) in [5.74, 6) is 0.231. The standard InChI is InChI=1S/C15H18FNS/c1-11-10-12(5-6-14(11)16)13(7-8-17-2)15-4-3-9-18-15/h3-6,9-10,13,17H,7-8H2,1-2H3. The summed E-state index contributed by atoms with van der Waals surface area (Å²) in [5, 5.41) is 5.28. The minimum atomic E-state index is -0.128. The second-order valence-electron chi connectivity index (χ2n) is 4.47. The number of rotatable bonds is 5. The quantitative estimate of drug-likeness (QED) is 0.861. The van der Waals surface area contributed by atoms with Gasteiger partial charge in [-0.15, -0.1) is 11.3 Å². The smallest absolute Gasteiger partial charge is 0.126 e. The number of thiophene rings is 1. The third-order valence-corrected chi connectivity index (χ3v) is 4.14. The van der Waals surface area contributed by atoms with E-state index in [9.17, 15) is 4.39 Å². The van der Waals surface area contributed by atoms with Crippen LogP contribution in [0.1, 0.15) is 28.3 Å². The van der Waals surface area contributed by atoms with Crippen molar-refractivity contribution in [3.8, 4) is 0 Å². The van der Waals surface area contributed by atoms with Crippen LogP contribution in [-0.4, -0.2) is 13.6 Å². The van der Waals surface area contributed by atoms with E-state index in [1.54, 1.807) is 17.4 Å². The molecule has 0 aliphatic heterocycles. The summed E-state index contributed by atoms with van der Waals surface area (Å²) in [6.07, 6.45) is 1.03. The molecule has 1 unspecified atom stereocenters. The van der Waals surface area contributed by atoms with E-state index in [0.717, 1.165) is 18.5 Å². The first kappa shape index (κ1) is 13.2. The SMILES string of the molecule is CNCCC(c1ccc(F)c(C)c1)c1cccs1. The van der Waals surface area contributed by atoms with Gasteiger partial charge < -0.3 is 5.32 Å². The molecule has 0 saturated heterocycles. The Balaban J connectivity index is 2.30. The maximum atomic E-state index is 13.3. The molecule has 2 aromatic rings. The summed E-state index contributed by atoms with van der Waals surface area (Å²) in [4.78, 5) is 1.34. The monoisotopic (exact) mass is 263 g/mol. The van der Waals surface area contributed by atoms with E-state index in [-0.39, 0.29) is 5.82 Å². The zero-order valence-corrected chi connectivity index (χ0v) is 11.6. The van der Waals surface area contributed by atoms with Crippen molar-refractivity contribution in [3.05, 3.63) is 57.5 Å². The molecule has 0 amide bonds. The average molecular weight is 263 g/mol. The first-order valence-corrected chi connectivity index (χ1v) is 7.04. The fraction of sp³-hybridized carbons (Fsp3) is 0.333. The molecule has 0 aliphatic rings. The maximum Gasteiger partial charge on any atom is 0.126 e. The van der Waals surface area contributed by atoms with Gasteiger partial charge in [0.25, 0.3) is 0 Å². The van der Waals surface area contributed by atoms with Crippen molar-refractivity contribution < 1.29 is 4.39 Å². The Morgan fingerprint density at radius 3 is 2.78 bits per heavy atom. The van der Waals surface area contributed by atoms with Gasteiger partial charge in [-0.05, 0) is 55.6 Å². The minimum absolute atomic E-state index is 0.128. The third kappa shape index (κ3) is 2.98. The highest BCUT2D eigenvalue weighted by Gasteiger charge is 2.15. The molecule has 0 spiro atoms. The van der Waals surface area contributed by atoms with Gasteiger partial charge in [0, 0.05) is 10.8 Å². The second kappa shape index (κ2) is 6.12. The van der Waals surface area contributed by atoms with Crippen LogP contribution in [0.3, 0.4) is 0 Å². The van der Waals surface area contributed by atoms with Crippen LogP contribution < -0.4 is 5.32 Å². The van der Waals surface area contributed by atoms with Crippen molar-refractivity contribution in [2.45, 2.75) is 19.3 Å². The average Bonchev–Trinajstić information content (AvgIpc) is 2.88. The summed E-state index contributed by atoms with van der Waals surface area (Å²) in [5.41, 5.74) is 1.92.